The largest absolute Gasteiger partial charge is 0.492 e. The van der Waals surface area contributed by atoms with Crippen LogP contribution in [-0.2, 0) is 11.2 Å². The molecule has 7 heteroatoms. The van der Waals surface area contributed by atoms with Crippen LogP contribution >= 0.6 is 0 Å². The van der Waals surface area contributed by atoms with Gasteiger partial charge in [-0.2, -0.15) is 0 Å². The van der Waals surface area contributed by atoms with Gasteiger partial charge in [-0.25, -0.2) is 0 Å². The van der Waals surface area contributed by atoms with Crippen molar-refractivity contribution in [2.75, 3.05) is 31.6 Å². The van der Waals surface area contributed by atoms with E-state index in [1.807, 2.05) is 43.3 Å². The van der Waals surface area contributed by atoms with Crippen molar-refractivity contribution >= 4 is 17.6 Å². The molecule has 0 fully saturated rings. The topological polar surface area (TPSA) is 87.6 Å². The van der Waals surface area contributed by atoms with Crippen molar-refractivity contribution < 1.29 is 9.53 Å². The molecule has 27 heavy (non-hydrogen) atoms. The van der Waals surface area contributed by atoms with Crippen molar-refractivity contribution in [1.29, 1.82) is 0 Å². The molecule has 3 N–H and O–H groups in total. The highest BCUT2D eigenvalue weighted by Crippen LogP contribution is 2.16. The molecule has 0 bridgehead atoms. The van der Waals surface area contributed by atoms with E-state index in [1.54, 1.807) is 12.3 Å². The lowest BCUT2D eigenvalue weighted by Gasteiger charge is -2.12. The zero-order valence-corrected chi connectivity index (χ0v) is 15.9. The molecule has 0 radical (unpaired) electrons. The van der Waals surface area contributed by atoms with Crippen LogP contribution in [0.15, 0.2) is 53.7 Å². The number of hydrogen-bond donors (Lipinski definition) is 3. The van der Waals surface area contributed by atoms with E-state index in [0.29, 0.717) is 25.4 Å². The van der Waals surface area contributed by atoms with Gasteiger partial charge in [0.25, 0.3) is 0 Å². The predicted octanol–water partition coefficient (Wildman–Crippen LogP) is 2.22. The highest BCUT2D eigenvalue weighted by Gasteiger charge is 2.00. The first-order valence-electron chi connectivity index (χ1n) is 9.10. The number of anilines is 1. The lowest BCUT2D eigenvalue weighted by molar-refractivity contribution is -0.114. The lowest BCUT2D eigenvalue weighted by Crippen LogP contribution is -2.39. The van der Waals surface area contributed by atoms with E-state index in [1.165, 1.54) is 6.92 Å². The number of benzene rings is 1. The fourth-order valence-electron chi connectivity index (χ4n) is 2.38. The molecule has 1 amide bonds. The SMILES string of the molecule is CCNC(=NCCc1ccccn1)NCCOc1cccc(NC(C)=O)c1. The third-order valence-corrected chi connectivity index (χ3v) is 3.53. The fraction of sp³-hybridized carbons (Fsp3) is 0.350. The third kappa shape index (κ3) is 8.22. The van der Waals surface area contributed by atoms with Gasteiger partial charge in [0.2, 0.25) is 5.91 Å². The van der Waals surface area contributed by atoms with Crippen molar-refractivity contribution in [2.45, 2.75) is 20.3 Å². The predicted molar refractivity (Wildman–Crippen MR) is 108 cm³/mol. The minimum absolute atomic E-state index is 0.106. The van der Waals surface area contributed by atoms with Gasteiger partial charge in [0.1, 0.15) is 12.4 Å². The number of pyridine rings is 1. The summed E-state index contributed by atoms with van der Waals surface area (Å²) in [5.74, 6) is 1.36. The fourth-order valence-corrected chi connectivity index (χ4v) is 2.38. The van der Waals surface area contributed by atoms with E-state index in [4.69, 9.17) is 4.74 Å². The molecule has 0 aliphatic rings. The van der Waals surface area contributed by atoms with Crippen LogP contribution in [0.1, 0.15) is 19.5 Å². The Bertz CT molecular complexity index is 734. The molecule has 144 valence electrons. The molecular formula is C20H27N5O2. The van der Waals surface area contributed by atoms with Crippen LogP contribution in [-0.4, -0.2) is 43.1 Å². The van der Waals surface area contributed by atoms with Gasteiger partial charge in [-0.05, 0) is 31.2 Å². The van der Waals surface area contributed by atoms with E-state index in [2.05, 4.69) is 25.9 Å². The zero-order chi connectivity index (χ0) is 19.3. The highest BCUT2D eigenvalue weighted by molar-refractivity contribution is 5.88. The lowest BCUT2D eigenvalue weighted by atomic mass is 10.3. The molecule has 0 saturated carbocycles. The quantitative estimate of drug-likeness (QED) is 0.358. The molecule has 0 aliphatic carbocycles. The van der Waals surface area contributed by atoms with Gasteiger partial charge in [-0.3, -0.25) is 14.8 Å². The summed E-state index contributed by atoms with van der Waals surface area (Å²) in [7, 11) is 0. The Balaban J connectivity index is 1.75. The average molecular weight is 369 g/mol. The van der Waals surface area contributed by atoms with Crippen molar-refractivity contribution in [1.82, 2.24) is 15.6 Å². The summed E-state index contributed by atoms with van der Waals surface area (Å²) >= 11 is 0. The Morgan fingerprint density at radius 3 is 2.81 bits per heavy atom. The Labute approximate surface area is 160 Å². The van der Waals surface area contributed by atoms with Gasteiger partial charge in [0.05, 0.1) is 6.54 Å². The van der Waals surface area contributed by atoms with Crippen LogP contribution in [0, 0.1) is 0 Å². The van der Waals surface area contributed by atoms with Gasteiger partial charge >= 0.3 is 0 Å². The van der Waals surface area contributed by atoms with Crippen molar-refractivity contribution in [2.24, 2.45) is 4.99 Å². The molecule has 1 aromatic heterocycles. The van der Waals surface area contributed by atoms with Gasteiger partial charge in [-0.15, -0.1) is 0 Å². The maximum Gasteiger partial charge on any atom is 0.221 e. The summed E-state index contributed by atoms with van der Waals surface area (Å²) in [4.78, 5) is 20.0. The summed E-state index contributed by atoms with van der Waals surface area (Å²) in [6, 6.07) is 13.2. The first kappa shape index (κ1) is 20.2. The van der Waals surface area contributed by atoms with Crippen LogP contribution in [0.4, 0.5) is 5.69 Å². The van der Waals surface area contributed by atoms with Gasteiger partial charge in [0.15, 0.2) is 5.96 Å². The van der Waals surface area contributed by atoms with E-state index in [9.17, 15) is 4.79 Å². The number of ether oxygens (including phenoxy) is 1. The maximum atomic E-state index is 11.1. The average Bonchev–Trinajstić information content (AvgIpc) is 2.66. The second-order valence-corrected chi connectivity index (χ2v) is 5.82. The standard InChI is InChI=1S/C20H27N5O2/c1-3-21-20(23-12-10-17-7-4-5-11-22-17)24-13-14-27-19-9-6-8-18(15-19)25-16(2)26/h4-9,11,15H,3,10,12-14H2,1-2H3,(H,25,26)(H2,21,23,24). The normalized spacial score (nSPS) is 11.0. The molecule has 0 saturated heterocycles. The highest BCUT2D eigenvalue weighted by atomic mass is 16.5. The van der Waals surface area contributed by atoms with Crippen molar-refractivity contribution in [3.05, 3.63) is 54.4 Å². The number of guanidine groups is 1. The first-order chi connectivity index (χ1) is 13.2. The number of rotatable bonds is 9. The van der Waals surface area contributed by atoms with Crippen LogP contribution < -0.4 is 20.7 Å². The van der Waals surface area contributed by atoms with Crippen LogP contribution in [0.25, 0.3) is 0 Å². The summed E-state index contributed by atoms with van der Waals surface area (Å²) in [6.45, 7) is 6.04. The summed E-state index contributed by atoms with van der Waals surface area (Å²) in [6.07, 6.45) is 2.59. The molecule has 0 aliphatic heterocycles. The van der Waals surface area contributed by atoms with Crippen molar-refractivity contribution in [3.63, 3.8) is 0 Å². The molecule has 2 rings (SSSR count). The van der Waals surface area contributed by atoms with Gasteiger partial charge < -0.3 is 20.7 Å². The van der Waals surface area contributed by atoms with E-state index < -0.39 is 0 Å². The Kier molecular flexibility index (Phi) is 8.62. The zero-order valence-electron chi connectivity index (χ0n) is 15.9. The van der Waals surface area contributed by atoms with Gasteiger partial charge in [0, 0.05) is 50.1 Å². The van der Waals surface area contributed by atoms with E-state index >= 15 is 0 Å². The molecule has 1 heterocycles. The minimum Gasteiger partial charge on any atom is -0.492 e. The summed E-state index contributed by atoms with van der Waals surface area (Å²) in [5.41, 5.74) is 1.75. The number of amides is 1. The number of aromatic nitrogens is 1. The molecule has 2 aromatic rings. The number of aliphatic imine (C=N–C) groups is 1. The monoisotopic (exact) mass is 369 g/mol. The number of nitrogens with zero attached hydrogens (tertiary/aromatic N) is 2. The number of carbonyl (C=O) groups excluding carboxylic acids is 1. The first-order valence-corrected chi connectivity index (χ1v) is 9.10. The second-order valence-electron chi connectivity index (χ2n) is 5.82. The Morgan fingerprint density at radius 2 is 2.07 bits per heavy atom. The Morgan fingerprint density at radius 1 is 1.19 bits per heavy atom. The molecule has 1 aromatic carbocycles. The van der Waals surface area contributed by atoms with Crippen molar-refractivity contribution in [3.8, 4) is 5.75 Å². The molecular weight excluding hydrogens is 342 g/mol. The maximum absolute atomic E-state index is 11.1. The third-order valence-electron chi connectivity index (χ3n) is 3.53. The molecule has 0 atom stereocenters. The second kappa shape index (κ2) is 11.5. The summed E-state index contributed by atoms with van der Waals surface area (Å²) in [5, 5.41) is 9.20. The van der Waals surface area contributed by atoms with Gasteiger partial charge in [-0.1, -0.05) is 12.1 Å². The molecule has 0 unspecified atom stereocenters. The Hall–Kier alpha value is -3.09. The van der Waals surface area contributed by atoms with Crippen LogP contribution in [0.2, 0.25) is 0 Å². The van der Waals surface area contributed by atoms with E-state index in [-0.39, 0.29) is 5.91 Å². The number of hydrogen-bond acceptors (Lipinski definition) is 4. The molecule has 7 nitrogen and oxygen atoms in total. The number of carbonyl (C=O) groups is 1. The van der Waals surface area contributed by atoms with Crippen LogP contribution in [0.5, 0.6) is 5.75 Å². The number of nitrogens with one attached hydrogen (secondary N) is 3. The molecule has 0 spiro atoms. The summed E-state index contributed by atoms with van der Waals surface area (Å²) < 4.78 is 5.72. The smallest absolute Gasteiger partial charge is 0.221 e. The van der Waals surface area contributed by atoms with Crippen LogP contribution in [0.3, 0.4) is 0 Å². The van der Waals surface area contributed by atoms with E-state index in [0.717, 1.165) is 30.3 Å². The minimum atomic E-state index is -0.106.